The number of rotatable bonds is 4. The molecule has 6 nitrogen and oxygen atoms in total. The average Bonchev–Trinajstić information content (AvgIpc) is 2.21. The average molecular weight is 255 g/mol. The molecule has 0 aromatic carbocycles. The van der Waals surface area contributed by atoms with Gasteiger partial charge in [0, 0.05) is 11.9 Å². The molecule has 0 aliphatic carbocycles. The van der Waals surface area contributed by atoms with Crippen molar-refractivity contribution in [1.82, 2.24) is 9.55 Å². The Morgan fingerprint density at radius 1 is 1.65 bits per heavy atom. The van der Waals surface area contributed by atoms with E-state index in [1.54, 1.807) is 13.0 Å². The number of thioether (sulfide) groups is 1. The van der Waals surface area contributed by atoms with Crippen LogP contribution in [0.2, 0.25) is 0 Å². The van der Waals surface area contributed by atoms with Crippen LogP contribution in [0.1, 0.15) is 12.5 Å². The highest BCUT2D eigenvalue weighted by Gasteiger charge is 2.21. The van der Waals surface area contributed by atoms with Gasteiger partial charge in [-0.3, -0.25) is 14.3 Å². The predicted octanol–water partition coefficient (Wildman–Crippen LogP) is -0.478. The highest BCUT2D eigenvalue weighted by molar-refractivity contribution is 7.98. The molecule has 0 bridgehead atoms. The van der Waals surface area contributed by atoms with E-state index in [0.717, 1.165) is 10.8 Å². The fourth-order valence-corrected chi connectivity index (χ4v) is 2.14. The second-order valence-electron chi connectivity index (χ2n) is 3.97. The van der Waals surface area contributed by atoms with Crippen molar-refractivity contribution in [1.29, 1.82) is 5.26 Å². The number of hydrogen-bond acceptors (Lipinski definition) is 5. The summed E-state index contributed by atoms with van der Waals surface area (Å²) in [6.45, 7) is 1.62. The summed E-state index contributed by atoms with van der Waals surface area (Å²) in [4.78, 5) is 24.7. The van der Waals surface area contributed by atoms with Gasteiger partial charge in [0.05, 0.1) is 12.1 Å². The van der Waals surface area contributed by atoms with Gasteiger partial charge in [0.1, 0.15) is 11.6 Å². The van der Waals surface area contributed by atoms with Gasteiger partial charge in [-0.05, 0) is 13.2 Å². The van der Waals surface area contributed by atoms with E-state index < -0.39 is 16.9 Å². The molecule has 17 heavy (non-hydrogen) atoms. The van der Waals surface area contributed by atoms with Crippen LogP contribution in [0, 0.1) is 11.3 Å². The third-order valence-corrected chi connectivity index (χ3v) is 3.01. The number of nitrogens with one attached hydrogen (secondary N) is 1. The van der Waals surface area contributed by atoms with Crippen LogP contribution in [0.25, 0.3) is 0 Å². The highest BCUT2D eigenvalue weighted by atomic mass is 32.2. The predicted molar refractivity (Wildman–Crippen MR) is 65.0 cm³/mol. The number of aliphatic hydroxyl groups is 1. The Hall–Kier alpha value is -1.52. The fraction of sp³-hybridized carbons (Fsp3) is 0.500. The molecule has 0 spiro atoms. The maximum atomic E-state index is 11.5. The first-order chi connectivity index (χ1) is 7.89. The van der Waals surface area contributed by atoms with Crippen LogP contribution >= 0.6 is 11.8 Å². The number of aromatic amines is 1. The topological polar surface area (TPSA) is 98.9 Å². The van der Waals surface area contributed by atoms with Gasteiger partial charge in [-0.1, -0.05) is 0 Å². The molecule has 0 saturated carbocycles. The van der Waals surface area contributed by atoms with Gasteiger partial charge < -0.3 is 5.11 Å². The summed E-state index contributed by atoms with van der Waals surface area (Å²) in [5.74, 6) is 0.445. The van der Waals surface area contributed by atoms with Gasteiger partial charge in [-0.25, -0.2) is 4.79 Å². The van der Waals surface area contributed by atoms with Gasteiger partial charge in [-0.2, -0.15) is 17.0 Å². The van der Waals surface area contributed by atoms with Crippen molar-refractivity contribution >= 4 is 11.8 Å². The molecule has 0 aliphatic rings. The summed E-state index contributed by atoms with van der Waals surface area (Å²) in [5, 5.41) is 18.7. The number of nitrogens with zero attached hydrogens (tertiary/aromatic N) is 2. The molecule has 92 valence electrons. The van der Waals surface area contributed by atoms with Gasteiger partial charge in [0.25, 0.3) is 5.56 Å². The lowest BCUT2D eigenvalue weighted by Crippen LogP contribution is -2.40. The largest absolute Gasteiger partial charge is 0.387 e. The second-order valence-corrected chi connectivity index (χ2v) is 4.84. The molecule has 0 aliphatic heterocycles. The van der Waals surface area contributed by atoms with Crippen molar-refractivity contribution in [3.8, 4) is 6.07 Å². The van der Waals surface area contributed by atoms with Crippen LogP contribution < -0.4 is 11.2 Å². The Labute approximate surface area is 102 Å². The van der Waals surface area contributed by atoms with Crippen LogP contribution in [0.15, 0.2) is 15.8 Å². The van der Waals surface area contributed by atoms with Gasteiger partial charge in [0.15, 0.2) is 0 Å². The summed E-state index contributed by atoms with van der Waals surface area (Å²) >= 11 is 1.44. The maximum absolute atomic E-state index is 11.5. The van der Waals surface area contributed by atoms with E-state index >= 15 is 0 Å². The van der Waals surface area contributed by atoms with Crippen LogP contribution in [0.5, 0.6) is 0 Å². The molecule has 1 unspecified atom stereocenters. The van der Waals surface area contributed by atoms with E-state index in [1.165, 1.54) is 11.8 Å². The summed E-state index contributed by atoms with van der Waals surface area (Å²) in [6.07, 6.45) is 3.00. The smallest absolute Gasteiger partial charge is 0.328 e. The second kappa shape index (κ2) is 5.21. The number of nitriles is 1. The van der Waals surface area contributed by atoms with Crippen molar-refractivity contribution < 1.29 is 5.11 Å². The Kier molecular flexibility index (Phi) is 4.15. The lowest BCUT2D eigenvalue weighted by molar-refractivity contribution is 0.0650. The molecule has 2 N–H and O–H groups in total. The molecule has 1 heterocycles. The zero-order valence-corrected chi connectivity index (χ0v) is 10.4. The molecule has 7 heteroatoms. The van der Waals surface area contributed by atoms with E-state index in [-0.39, 0.29) is 12.1 Å². The van der Waals surface area contributed by atoms with E-state index in [0.29, 0.717) is 5.75 Å². The van der Waals surface area contributed by atoms with Crippen molar-refractivity contribution in [3.05, 3.63) is 32.6 Å². The monoisotopic (exact) mass is 255 g/mol. The Bertz CT molecular complexity index is 553. The third kappa shape index (κ3) is 3.47. The molecule has 0 radical (unpaired) electrons. The standard InChI is InChI=1S/C10H13N3O3S/c1-10(16,6-17-2)5-13-4-7(3-11)8(14)12-9(13)15/h4,16H,5-6H2,1-2H3,(H,12,14,15). The van der Waals surface area contributed by atoms with Crippen LogP contribution in [-0.4, -0.2) is 32.3 Å². The Morgan fingerprint density at radius 2 is 2.29 bits per heavy atom. The van der Waals surface area contributed by atoms with E-state index in [4.69, 9.17) is 5.26 Å². The van der Waals surface area contributed by atoms with Crippen LogP contribution in [0.4, 0.5) is 0 Å². The lowest BCUT2D eigenvalue weighted by Gasteiger charge is -2.22. The zero-order valence-electron chi connectivity index (χ0n) is 9.56. The molecule has 1 aromatic rings. The SMILES string of the molecule is CSCC(C)(O)Cn1cc(C#N)c(=O)[nH]c1=O. The summed E-state index contributed by atoms with van der Waals surface area (Å²) in [5.41, 5.74) is -2.56. The summed E-state index contributed by atoms with van der Waals surface area (Å²) in [6, 6.07) is 1.69. The molecule has 0 saturated heterocycles. The van der Waals surface area contributed by atoms with Gasteiger partial charge >= 0.3 is 5.69 Å². The minimum Gasteiger partial charge on any atom is -0.387 e. The third-order valence-electron chi connectivity index (χ3n) is 2.10. The minimum absolute atomic E-state index is 0.0259. The highest BCUT2D eigenvalue weighted by Crippen LogP contribution is 2.12. The number of aromatic nitrogens is 2. The number of H-pyrrole nitrogens is 1. The van der Waals surface area contributed by atoms with Gasteiger partial charge in [-0.15, -0.1) is 0 Å². The first-order valence-electron chi connectivity index (χ1n) is 4.85. The molecule has 0 fully saturated rings. The fourth-order valence-electron chi connectivity index (χ4n) is 1.43. The minimum atomic E-state index is -1.08. The Morgan fingerprint density at radius 3 is 2.82 bits per heavy atom. The maximum Gasteiger partial charge on any atom is 0.328 e. The first-order valence-corrected chi connectivity index (χ1v) is 6.24. The van der Waals surface area contributed by atoms with E-state index in [1.807, 2.05) is 11.2 Å². The quantitative estimate of drug-likeness (QED) is 0.757. The van der Waals surface area contributed by atoms with Crippen molar-refractivity contribution in [2.24, 2.45) is 0 Å². The normalized spacial score (nSPS) is 14.0. The van der Waals surface area contributed by atoms with Crippen molar-refractivity contribution in [3.63, 3.8) is 0 Å². The molecule has 0 amide bonds. The van der Waals surface area contributed by atoms with E-state index in [9.17, 15) is 14.7 Å². The van der Waals surface area contributed by atoms with Gasteiger partial charge in [0.2, 0.25) is 0 Å². The lowest BCUT2D eigenvalue weighted by atomic mass is 10.1. The molecular formula is C10H13N3O3S. The molecule has 1 rings (SSSR count). The zero-order chi connectivity index (χ0) is 13.1. The molecule has 1 atom stereocenters. The number of hydrogen-bond donors (Lipinski definition) is 2. The Balaban J connectivity index is 3.13. The summed E-state index contributed by atoms with van der Waals surface area (Å²) in [7, 11) is 0. The van der Waals surface area contributed by atoms with Crippen molar-refractivity contribution in [2.45, 2.75) is 19.1 Å². The van der Waals surface area contributed by atoms with Crippen LogP contribution in [-0.2, 0) is 6.54 Å². The van der Waals surface area contributed by atoms with E-state index in [2.05, 4.69) is 0 Å². The van der Waals surface area contributed by atoms with Crippen molar-refractivity contribution in [2.75, 3.05) is 12.0 Å². The van der Waals surface area contributed by atoms with Crippen LogP contribution in [0.3, 0.4) is 0 Å². The first kappa shape index (κ1) is 13.5. The summed E-state index contributed by atoms with van der Waals surface area (Å²) < 4.78 is 1.14. The molecular weight excluding hydrogens is 242 g/mol. The molecule has 1 aromatic heterocycles.